The van der Waals surface area contributed by atoms with E-state index in [1.54, 1.807) is 11.4 Å². The van der Waals surface area contributed by atoms with Crippen LogP contribution in [-0.4, -0.2) is 53.8 Å². The Balaban J connectivity index is 1.52. The molecule has 1 aromatic heterocycles. The number of piperazine rings is 1. The Morgan fingerprint density at radius 1 is 1.19 bits per heavy atom. The molecule has 1 atom stereocenters. The summed E-state index contributed by atoms with van der Waals surface area (Å²) in [7, 11) is 0. The van der Waals surface area contributed by atoms with Gasteiger partial charge in [-0.1, -0.05) is 24.3 Å². The van der Waals surface area contributed by atoms with Gasteiger partial charge in [-0.15, -0.1) is 11.3 Å². The molecule has 27 heavy (non-hydrogen) atoms. The smallest absolute Gasteiger partial charge is 0.251 e. The third-order valence-corrected chi connectivity index (χ3v) is 5.99. The van der Waals surface area contributed by atoms with Crippen molar-refractivity contribution in [2.24, 2.45) is 5.73 Å². The molecule has 2 amide bonds. The average molecular weight is 387 g/mol. The third kappa shape index (κ3) is 4.74. The summed E-state index contributed by atoms with van der Waals surface area (Å²) in [5.41, 5.74) is 8.38. The highest BCUT2D eigenvalue weighted by Gasteiger charge is 2.26. The minimum atomic E-state index is -0.524. The number of nitrogens with zero attached hydrogens (tertiary/aromatic N) is 2. The van der Waals surface area contributed by atoms with Gasteiger partial charge in [0, 0.05) is 32.7 Å². The summed E-state index contributed by atoms with van der Waals surface area (Å²) >= 11 is 1.31. The van der Waals surface area contributed by atoms with Gasteiger partial charge in [0.15, 0.2) is 0 Å². The SMILES string of the molecule is Cc1ccccc1CN1CCN(C(C)C(=O)Nc2sccc2C(N)=O)CC1. The fourth-order valence-electron chi connectivity index (χ4n) is 3.32. The van der Waals surface area contributed by atoms with Gasteiger partial charge in [0.25, 0.3) is 5.91 Å². The van der Waals surface area contributed by atoms with Crippen molar-refractivity contribution in [3.63, 3.8) is 0 Å². The van der Waals surface area contributed by atoms with Gasteiger partial charge >= 0.3 is 0 Å². The zero-order valence-electron chi connectivity index (χ0n) is 15.8. The summed E-state index contributed by atoms with van der Waals surface area (Å²) in [4.78, 5) is 28.6. The second-order valence-corrected chi connectivity index (χ2v) is 7.85. The number of primary amides is 1. The number of anilines is 1. The van der Waals surface area contributed by atoms with Gasteiger partial charge in [0.05, 0.1) is 11.6 Å². The van der Waals surface area contributed by atoms with Gasteiger partial charge in [0.1, 0.15) is 5.00 Å². The first-order valence-corrected chi connectivity index (χ1v) is 10.0. The molecule has 1 aliphatic rings. The second kappa shape index (κ2) is 8.65. The van der Waals surface area contributed by atoms with E-state index in [0.717, 1.165) is 32.7 Å². The van der Waals surface area contributed by atoms with Crippen LogP contribution >= 0.6 is 11.3 Å². The summed E-state index contributed by atoms with van der Waals surface area (Å²) in [5.74, 6) is -0.628. The lowest BCUT2D eigenvalue weighted by atomic mass is 10.1. The van der Waals surface area contributed by atoms with E-state index in [0.29, 0.717) is 10.6 Å². The standard InChI is InChI=1S/C20H26N4O2S/c1-14-5-3-4-6-16(14)13-23-8-10-24(11-9-23)15(2)19(26)22-20-17(18(21)25)7-12-27-20/h3-7,12,15H,8-11,13H2,1-2H3,(H2,21,25)(H,22,26). The normalized spacial score (nSPS) is 16.8. The van der Waals surface area contributed by atoms with Gasteiger partial charge in [-0.3, -0.25) is 19.4 Å². The molecule has 144 valence electrons. The van der Waals surface area contributed by atoms with E-state index in [-0.39, 0.29) is 11.9 Å². The topological polar surface area (TPSA) is 78.7 Å². The highest BCUT2D eigenvalue weighted by Crippen LogP contribution is 2.23. The predicted octanol–water partition coefficient (Wildman–Crippen LogP) is 2.30. The van der Waals surface area contributed by atoms with Crippen LogP contribution in [0.15, 0.2) is 35.7 Å². The van der Waals surface area contributed by atoms with Gasteiger partial charge in [-0.05, 0) is 36.4 Å². The maximum atomic E-state index is 12.6. The molecule has 2 aromatic rings. The van der Waals surface area contributed by atoms with E-state index in [9.17, 15) is 9.59 Å². The number of nitrogens with one attached hydrogen (secondary N) is 1. The summed E-state index contributed by atoms with van der Waals surface area (Å²) in [6, 6.07) is 9.84. The van der Waals surface area contributed by atoms with E-state index in [4.69, 9.17) is 5.73 Å². The van der Waals surface area contributed by atoms with Crippen LogP contribution in [0.4, 0.5) is 5.00 Å². The van der Waals surface area contributed by atoms with Gasteiger partial charge in [0.2, 0.25) is 5.91 Å². The van der Waals surface area contributed by atoms with Crippen LogP contribution in [0.3, 0.4) is 0 Å². The van der Waals surface area contributed by atoms with Crippen LogP contribution < -0.4 is 11.1 Å². The molecular formula is C20H26N4O2S. The van der Waals surface area contributed by atoms with E-state index in [1.165, 1.54) is 22.5 Å². The number of carbonyl (C=O) groups excluding carboxylic acids is 2. The van der Waals surface area contributed by atoms with Crippen molar-refractivity contribution in [2.45, 2.75) is 26.4 Å². The second-order valence-electron chi connectivity index (χ2n) is 6.93. The number of nitrogens with two attached hydrogens (primary N) is 1. The fraction of sp³-hybridized carbons (Fsp3) is 0.400. The van der Waals surface area contributed by atoms with Crippen molar-refractivity contribution in [3.8, 4) is 0 Å². The summed E-state index contributed by atoms with van der Waals surface area (Å²) < 4.78 is 0. The van der Waals surface area contributed by atoms with Crippen molar-refractivity contribution >= 4 is 28.2 Å². The first kappa shape index (κ1) is 19.5. The molecule has 2 heterocycles. The molecular weight excluding hydrogens is 360 g/mol. The molecule has 1 aliphatic heterocycles. The molecule has 1 unspecified atom stereocenters. The van der Waals surface area contributed by atoms with Gasteiger partial charge < -0.3 is 11.1 Å². The van der Waals surface area contributed by atoms with Crippen LogP contribution in [0.25, 0.3) is 0 Å². The first-order chi connectivity index (χ1) is 13.0. The van der Waals surface area contributed by atoms with Crippen molar-refractivity contribution in [3.05, 3.63) is 52.4 Å². The number of carbonyl (C=O) groups is 2. The fourth-order valence-corrected chi connectivity index (χ4v) is 4.11. The van der Waals surface area contributed by atoms with E-state index < -0.39 is 5.91 Å². The highest BCUT2D eigenvalue weighted by atomic mass is 32.1. The quantitative estimate of drug-likeness (QED) is 0.798. The molecule has 6 nitrogen and oxygen atoms in total. The van der Waals surface area contributed by atoms with Crippen LogP contribution in [0.1, 0.15) is 28.4 Å². The zero-order chi connectivity index (χ0) is 19.4. The Bertz CT molecular complexity index is 812. The number of benzene rings is 1. The minimum Gasteiger partial charge on any atom is -0.366 e. The van der Waals surface area contributed by atoms with E-state index in [2.05, 4.69) is 46.3 Å². The Hall–Kier alpha value is -2.22. The number of amides is 2. The van der Waals surface area contributed by atoms with Crippen molar-refractivity contribution in [1.82, 2.24) is 9.80 Å². The van der Waals surface area contributed by atoms with Gasteiger partial charge in [-0.25, -0.2) is 0 Å². The molecule has 0 bridgehead atoms. The lowest BCUT2D eigenvalue weighted by Crippen LogP contribution is -2.52. The molecule has 1 saturated heterocycles. The molecule has 7 heteroatoms. The Kier molecular flexibility index (Phi) is 6.26. The first-order valence-electron chi connectivity index (χ1n) is 9.15. The van der Waals surface area contributed by atoms with Crippen LogP contribution in [0, 0.1) is 6.92 Å². The minimum absolute atomic E-state index is 0.104. The molecule has 0 saturated carbocycles. The lowest BCUT2D eigenvalue weighted by Gasteiger charge is -2.37. The maximum absolute atomic E-state index is 12.6. The highest BCUT2D eigenvalue weighted by molar-refractivity contribution is 7.14. The maximum Gasteiger partial charge on any atom is 0.251 e. The average Bonchev–Trinajstić information content (AvgIpc) is 3.12. The monoisotopic (exact) mass is 386 g/mol. The number of thiophene rings is 1. The van der Waals surface area contributed by atoms with Crippen LogP contribution in [0.2, 0.25) is 0 Å². The Morgan fingerprint density at radius 2 is 1.89 bits per heavy atom. The predicted molar refractivity (Wildman–Crippen MR) is 109 cm³/mol. The molecule has 0 spiro atoms. The number of hydrogen-bond acceptors (Lipinski definition) is 5. The van der Waals surface area contributed by atoms with Crippen LogP contribution in [-0.2, 0) is 11.3 Å². The summed E-state index contributed by atoms with van der Waals surface area (Å²) in [6.07, 6.45) is 0. The van der Waals surface area contributed by atoms with Crippen LogP contribution in [0.5, 0.6) is 0 Å². The van der Waals surface area contributed by atoms with E-state index >= 15 is 0 Å². The molecule has 3 N–H and O–H groups in total. The zero-order valence-corrected chi connectivity index (χ0v) is 16.6. The van der Waals surface area contributed by atoms with Crippen molar-refractivity contribution in [2.75, 3.05) is 31.5 Å². The molecule has 3 rings (SSSR count). The van der Waals surface area contributed by atoms with Gasteiger partial charge in [-0.2, -0.15) is 0 Å². The molecule has 1 fully saturated rings. The number of aryl methyl sites for hydroxylation is 1. The Morgan fingerprint density at radius 3 is 2.56 bits per heavy atom. The van der Waals surface area contributed by atoms with Crippen molar-refractivity contribution in [1.29, 1.82) is 0 Å². The summed E-state index contributed by atoms with van der Waals surface area (Å²) in [6.45, 7) is 8.53. The largest absolute Gasteiger partial charge is 0.366 e. The number of hydrogen-bond donors (Lipinski definition) is 2. The molecule has 1 aromatic carbocycles. The third-order valence-electron chi connectivity index (χ3n) is 5.16. The van der Waals surface area contributed by atoms with E-state index in [1.807, 2.05) is 6.92 Å². The Labute approximate surface area is 164 Å². The molecule has 0 aliphatic carbocycles. The lowest BCUT2D eigenvalue weighted by molar-refractivity contribution is -0.121. The van der Waals surface area contributed by atoms with Crippen molar-refractivity contribution < 1.29 is 9.59 Å². The number of rotatable bonds is 6. The summed E-state index contributed by atoms with van der Waals surface area (Å²) in [5, 5.41) is 5.13. The molecule has 0 radical (unpaired) electrons.